The fourth-order valence-corrected chi connectivity index (χ4v) is 3.64. The molecule has 0 atom stereocenters. The molecule has 1 aromatic heterocycles. The topological polar surface area (TPSA) is 138 Å². The summed E-state index contributed by atoms with van der Waals surface area (Å²) in [5.41, 5.74) is 0.717. The Labute approximate surface area is 173 Å². The Kier molecular flexibility index (Phi) is 6.57. The average Bonchev–Trinajstić information content (AvgIpc) is 2.89. The number of carbonyl (C=O) groups is 2. The molecule has 0 saturated carbocycles. The number of benzene rings is 1. The number of aryl methyl sites for hydroxylation is 2. The Bertz CT molecular complexity index is 1050. The molecular formula is C18H22N4O7S. The molecule has 162 valence electrons. The van der Waals surface area contributed by atoms with Crippen molar-refractivity contribution in [2.45, 2.75) is 18.2 Å². The quantitative estimate of drug-likeness (QED) is 0.591. The molecule has 0 saturated heterocycles. The first-order valence-corrected chi connectivity index (χ1v) is 10.6. The number of hydrogen-bond acceptors (Lipinski definition) is 8. The zero-order valence-corrected chi connectivity index (χ0v) is 17.3. The van der Waals surface area contributed by atoms with Crippen LogP contribution in [-0.2, 0) is 31.4 Å². The van der Waals surface area contributed by atoms with Gasteiger partial charge in [0.15, 0.2) is 18.1 Å². The second-order valence-electron chi connectivity index (χ2n) is 6.49. The van der Waals surface area contributed by atoms with Gasteiger partial charge in [0.25, 0.3) is 5.91 Å². The van der Waals surface area contributed by atoms with E-state index in [1.807, 2.05) is 0 Å². The van der Waals surface area contributed by atoms with Crippen molar-refractivity contribution in [2.24, 2.45) is 7.05 Å². The standard InChI is InChI=1S/C18H22N4O7S/c1-12-8-16(22(2)21-12)20-17(23)11-29-18(24)10-19-30(25,26)13-4-5-14-15(9-13)28-7-3-6-27-14/h4-5,8-9,19H,3,6-7,10-11H2,1-2H3,(H,20,23). The minimum atomic E-state index is -3.99. The summed E-state index contributed by atoms with van der Waals surface area (Å²) in [5, 5.41) is 6.62. The van der Waals surface area contributed by atoms with Crippen molar-refractivity contribution in [3.63, 3.8) is 0 Å². The summed E-state index contributed by atoms with van der Waals surface area (Å²) in [5.74, 6) is -0.245. The normalized spacial score (nSPS) is 13.4. The van der Waals surface area contributed by atoms with E-state index in [0.29, 0.717) is 42.6 Å². The highest BCUT2D eigenvalue weighted by Gasteiger charge is 2.20. The van der Waals surface area contributed by atoms with Crippen molar-refractivity contribution >= 4 is 27.7 Å². The average molecular weight is 438 g/mol. The molecule has 3 rings (SSSR count). The van der Waals surface area contributed by atoms with Crippen LogP contribution < -0.4 is 19.5 Å². The van der Waals surface area contributed by atoms with E-state index in [-0.39, 0.29) is 4.90 Å². The SMILES string of the molecule is Cc1cc(NC(=O)COC(=O)CNS(=O)(=O)c2ccc3c(c2)OCCCO3)n(C)n1. The van der Waals surface area contributed by atoms with Crippen molar-refractivity contribution < 1.29 is 32.2 Å². The Morgan fingerprint density at radius 3 is 2.63 bits per heavy atom. The van der Waals surface area contributed by atoms with E-state index in [0.717, 1.165) is 0 Å². The van der Waals surface area contributed by atoms with Crippen molar-refractivity contribution in [1.82, 2.24) is 14.5 Å². The van der Waals surface area contributed by atoms with Crippen molar-refractivity contribution in [3.8, 4) is 11.5 Å². The lowest BCUT2D eigenvalue weighted by atomic mass is 10.3. The molecule has 1 aliphatic heterocycles. The molecule has 2 heterocycles. The van der Waals surface area contributed by atoms with Crippen LogP contribution in [0.15, 0.2) is 29.2 Å². The van der Waals surface area contributed by atoms with Crippen LogP contribution in [-0.4, -0.2) is 56.4 Å². The second kappa shape index (κ2) is 9.13. The number of hydrogen-bond donors (Lipinski definition) is 2. The fraction of sp³-hybridized carbons (Fsp3) is 0.389. The summed E-state index contributed by atoms with van der Waals surface area (Å²) in [6.07, 6.45) is 0.689. The molecule has 0 bridgehead atoms. The number of fused-ring (bicyclic) bond motifs is 1. The van der Waals surface area contributed by atoms with Gasteiger partial charge in [0.2, 0.25) is 10.0 Å². The zero-order chi connectivity index (χ0) is 21.7. The molecule has 1 amide bonds. The molecule has 0 spiro atoms. The molecule has 11 nitrogen and oxygen atoms in total. The lowest BCUT2D eigenvalue weighted by molar-refractivity contribution is -0.146. The number of aromatic nitrogens is 2. The minimum Gasteiger partial charge on any atom is -0.490 e. The van der Waals surface area contributed by atoms with Gasteiger partial charge in [-0.2, -0.15) is 9.82 Å². The third kappa shape index (κ3) is 5.48. The summed E-state index contributed by atoms with van der Waals surface area (Å²) in [6, 6.07) is 5.84. The van der Waals surface area contributed by atoms with Crippen LogP contribution in [0.25, 0.3) is 0 Å². The van der Waals surface area contributed by atoms with Gasteiger partial charge in [0.1, 0.15) is 12.4 Å². The lowest BCUT2D eigenvalue weighted by Gasteiger charge is -2.11. The first-order chi connectivity index (χ1) is 14.2. The maximum absolute atomic E-state index is 12.4. The number of sulfonamides is 1. The Hall–Kier alpha value is -3.12. The van der Waals surface area contributed by atoms with Crippen molar-refractivity contribution in [3.05, 3.63) is 30.0 Å². The molecule has 2 N–H and O–H groups in total. The van der Waals surface area contributed by atoms with Gasteiger partial charge >= 0.3 is 5.97 Å². The van der Waals surface area contributed by atoms with E-state index in [9.17, 15) is 18.0 Å². The van der Waals surface area contributed by atoms with Crippen LogP contribution in [0.4, 0.5) is 5.82 Å². The van der Waals surface area contributed by atoms with Gasteiger partial charge in [-0.25, -0.2) is 8.42 Å². The first kappa shape index (κ1) is 21.6. The molecule has 0 fully saturated rings. The zero-order valence-electron chi connectivity index (χ0n) is 16.5. The number of nitrogens with zero attached hydrogens (tertiary/aromatic N) is 2. The van der Waals surface area contributed by atoms with E-state index in [1.54, 1.807) is 20.0 Å². The molecule has 30 heavy (non-hydrogen) atoms. The van der Waals surface area contributed by atoms with Crippen LogP contribution in [0.5, 0.6) is 11.5 Å². The molecule has 1 aliphatic rings. The van der Waals surface area contributed by atoms with Crippen LogP contribution >= 0.6 is 0 Å². The van der Waals surface area contributed by atoms with E-state index < -0.39 is 35.1 Å². The highest BCUT2D eigenvalue weighted by Crippen LogP contribution is 2.31. The summed E-state index contributed by atoms with van der Waals surface area (Å²) < 4.78 is 44.2. The summed E-state index contributed by atoms with van der Waals surface area (Å²) in [6.45, 7) is 1.47. The predicted molar refractivity (Wildman–Crippen MR) is 105 cm³/mol. The number of esters is 1. The van der Waals surface area contributed by atoms with Crippen LogP contribution in [0.2, 0.25) is 0 Å². The second-order valence-corrected chi connectivity index (χ2v) is 8.25. The number of amides is 1. The molecule has 1 aromatic carbocycles. The number of rotatable bonds is 7. The third-order valence-electron chi connectivity index (χ3n) is 4.07. The van der Waals surface area contributed by atoms with E-state index >= 15 is 0 Å². The maximum Gasteiger partial charge on any atom is 0.321 e. The van der Waals surface area contributed by atoms with E-state index in [1.165, 1.54) is 22.9 Å². The van der Waals surface area contributed by atoms with Gasteiger partial charge in [0.05, 0.1) is 23.8 Å². The molecule has 2 aromatic rings. The van der Waals surface area contributed by atoms with Crippen molar-refractivity contribution in [1.29, 1.82) is 0 Å². The Morgan fingerprint density at radius 1 is 1.20 bits per heavy atom. The van der Waals surface area contributed by atoms with Gasteiger partial charge < -0.3 is 19.5 Å². The van der Waals surface area contributed by atoms with Gasteiger partial charge in [-0.1, -0.05) is 0 Å². The van der Waals surface area contributed by atoms with Crippen molar-refractivity contribution in [2.75, 3.05) is 31.7 Å². The largest absolute Gasteiger partial charge is 0.490 e. The minimum absolute atomic E-state index is 0.0797. The number of carbonyl (C=O) groups excluding carboxylic acids is 2. The lowest BCUT2D eigenvalue weighted by Crippen LogP contribution is -2.32. The van der Waals surface area contributed by atoms with E-state index in [2.05, 4.69) is 15.1 Å². The highest BCUT2D eigenvalue weighted by atomic mass is 32.2. The summed E-state index contributed by atoms with van der Waals surface area (Å²) in [7, 11) is -2.33. The highest BCUT2D eigenvalue weighted by molar-refractivity contribution is 7.89. The van der Waals surface area contributed by atoms with Crippen LogP contribution in [0.3, 0.4) is 0 Å². The van der Waals surface area contributed by atoms with Crippen LogP contribution in [0, 0.1) is 6.92 Å². The van der Waals surface area contributed by atoms with Gasteiger partial charge in [-0.05, 0) is 19.1 Å². The maximum atomic E-state index is 12.4. The smallest absolute Gasteiger partial charge is 0.321 e. The predicted octanol–water partition coefficient (Wildman–Crippen LogP) is 0.350. The Balaban J connectivity index is 1.50. The summed E-state index contributed by atoms with van der Waals surface area (Å²) in [4.78, 5) is 23.6. The molecular weight excluding hydrogens is 416 g/mol. The third-order valence-corrected chi connectivity index (χ3v) is 5.47. The molecule has 0 aliphatic carbocycles. The number of ether oxygens (including phenoxy) is 3. The molecule has 0 radical (unpaired) electrons. The fourth-order valence-electron chi connectivity index (χ4n) is 2.65. The monoisotopic (exact) mass is 438 g/mol. The van der Waals surface area contributed by atoms with Gasteiger partial charge in [-0.3, -0.25) is 14.3 Å². The number of anilines is 1. The van der Waals surface area contributed by atoms with Gasteiger partial charge in [-0.15, -0.1) is 0 Å². The molecule has 12 heteroatoms. The van der Waals surface area contributed by atoms with Gasteiger partial charge in [0, 0.05) is 25.6 Å². The molecule has 0 unspecified atom stereocenters. The first-order valence-electron chi connectivity index (χ1n) is 9.10. The number of nitrogens with one attached hydrogen (secondary N) is 2. The van der Waals surface area contributed by atoms with E-state index in [4.69, 9.17) is 14.2 Å². The van der Waals surface area contributed by atoms with Crippen LogP contribution in [0.1, 0.15) is 12.1 Å². The Morgan fingerprint density at radius 2 is 1.93 bits per heavy atom. The summed E-state index contributed by atoms with van der Waals surface area (Å²) >= 11 is 0.